The lowest BCUT2D eigenvalue weighted by atomic mass is 10.4. The molecule has 22 heavy (non-hydrogen) atoms. The summed E-state index contributed by atoms with van der Waals surface area (Å²) in [5, 5.41) is 6.03. The summed E-state index contributed by atoms with van der Waals surface area (Å²) in [5.41, 5.74) is 5.32. The van der Waals surface area contributed by atoms with Crippen molar-refractivity contribution in [3.8, 4) is 0 Å². The van der Waals surface area contributed by atoms with E-state index in [1.54, 1.807) is 5.38 Å². The highest BCUT2D eigenvalue weighted by Crippen LogP contribution is 2.22. The molecule has 2 heterocycles. The van der Waals surface area contributed by atoms with E-state index in [4.69, 9.17) is 5.73 Å². The van der Waals surface area contributed by atoms with Crippen LogP contribution >= 0.6 is 35.1 Å². The first-order chi connectivity index (χ1) is 10.0. The van der Waals surface area contributed by atoms with Crippen LogP contribution < -0.4 is 15.8 Å². The maximum atomic E-state index is 12.3. The summed E-state index contributed by atoms with van der Waals surface area (Å²) < 4.78 is 27.1. The molecule has 0 radical (unpaired) electrons. The summed E-state index contributed by atoms with van der Waals surface area (Å²) in [7, 11) is -3.72. The highest BCUT2D eigenvalue weighted by atomic mass is 35.5. The van der Waals surface area contributed by atoms with Crippen molar-refractivity contribution in [3.63, 3.8) is 0 Å². The van der Waals surface area contributed by atoms with Crippen LogP contribution in [0.4, 0.5) is 0 Å². The standard InChI is InChI=1S/C12H15N3O3S3.ClH/c13-4-5-14-12(16)11-10(3-7-20-11)21(17,18)15-8-9-2-1-6-19-9;/h1-3,6-7,15H,4-5,8,13H2,(H,14,16);1H. The molecule has 0 unspecified atom stereocenters. The van der Waals surface area contributed by atoms with E-state index in [0.29, 0.717) is 13.1 Å². The van der Waals surface area contributed by atoms with Crippen molar-refractivity contribution in [2.24, 2.45) is 5.73 Å². The van der Waals surface area contributed by atoms with E-state index >= 15 is 0 Å². The number of nitrogens with one attached hydrogen (secondary N) is 2. The van der Waals surface area contributed by atoms with Crippen LogP contribution in [-0.4, -0.2) is 27.4 Å². The highest BCUT2D eigenvalue weighted by Gasteiger charge is 2.23. The predicted octanol–water partition coefficient (Wildman–Crippen LogP) is 1.40. The molecule has 0 aromatic carbocycles. The molecular formula is C12H16ClN3O3S3. The van der Waals surface area contributed by atoms with E-state index in [1.807, 2.05) is 17.5 Å². The molecule has 2 aromatic rings. The van der Waals surface area contributed by atoms with E-state index in [0.717, 1.165) is 16.2 Å². The first kappa shape index (κ1) is 19.1. The van der Waals surface area contributed by atoms with Crippen LogP contribution in [-0.2, 0) is 16.6 Å². The van der Waals surface area contributed by atoms with Gasteiger partial charge in [-0.2, -0.15) is 0 Å². The van der Waals surface area contributed by atoms with Gasteiger partial charge in [-0.05, 0) is 22.9 Å². The molecule has 122 valence electrons. The molecule has 2 aromatic heterocycles. The molecule has 0 aliphatic carbocycles. The zero-order chi connectivity index (χ0) is 15.3. The van der Waals surface area contributed by atoms with Gasteiger partial charge in [0, 0.05) is 24.5 Å². The Kier molecular flexibility index (Phi) is 7.46. The molecule has 10 heteroatoms. The van der Waals surface area contributed by atoms with Gasteiger partial charge >= 0.3 is 0 Å². The maximum absolute atomic E-state index is 12.3. The van der Waals surface area contributed by atoms with Crippen molar-refractivity contribution in [1.82, 2.24) is 10.0 Å². The Labute approximate surface area is 143 Å². The van der Waals surface area contributed by atoms with Crippen LogP contribution in [0.1, 0.15) is 14.5 Å². The van der Waals surface area contributed by atoms with E-state index in [-0.39, 0.29) is 28.7 Å². The number of sulfonamides is 1. The predicted molar refractivity (Wildman–Crippen MR) is 91.3 cm³/mol. The molecular weight excluding hydrogens is 366 g/mol. The van der Waals surface area contributed by atoms with Crippen molar-refractivity contribution in [3.05, 3.63) is 38.7 Å². The molecule has 0 aliphatic heterocycles. The normalized spacial score (nSPS) is 11.0. The molecule has 0 saturated carbocycles. The molecule has 0 aliphatic rings. The topological polar surface area (TPSA) is 101 Å². The first-order valence-electron chi connectivity index (χ1n) is 6.12. The summed E-state index contributed by atoms with van der Waals surface area (Å²) in [6, 6.07) is 5.12. The fourth-order valence-corrected chi connectivity index (χ4v) is 4.68. The van der Waals surface area contributed by atoms with Crippen LogP contribution in [0.3, 0.4) is 0 Å². The van der Waals surface area contributed by atoms with Gasteiger partial charge in [0.25, 0.3) is 5.91 Å². The van der Waals surface area contributed by atoms with E-state index in [2.05, 4.69) is 10.0 Å². The van der Waals surface area contributed by atoms with Gasteiger partial charge in [0.05, 0.1) is 0 Å². The molecule has 0 bridgehead atoms. The third kappa shape index (κ3) is 4.77. The first-order valence-corrected chi connectivity index (χ1v) is 9.36. The largest absolute Gasteiger partial charge is 0.350 e. The highest BCUT2D eigenvalue weighted by molar-refractivity contribution is 7.89. The lowest BCUT2D eigenvalue weighted by Gasteiger charge is -2.07. The van der Waals surface area contributed by atoms with Crippen LogP contribution in [0.5, 0.6) is 0 Å². The smallest absolute Gasteiger partial charge is 0.262 e. The van der Waals surface area contributed by atoms with Crippen molar-refractivity contribution >= 4 is 51.0 Å². The van der Waals surface area contributed by atoms with E-state index in [9.17, 15) is 13.2 Å². The lowest BCUT2D eigenvalue weighted by molar-refractivity contribution is 0.0956. The number of carbonyl (C=O) groups excluding carboxylic acids is 1. The number of rotatable bonds is 7. The fourth-order valence-electron chi connectivity index (χ4n) is 1.60. The summed E-state index contributed by atoms with van der Waals surface area (Å²) in [5.74, 6) is -0.424. The Morgan fingerprint density at radius 2 is 2.00 bits per heavy atom. The van der Waals surface area contributed by atoms with Gasteiger partial charge in [0.15, 0.2) is 0 Å². The van der Waals surface area contributed by atoms with Gasteiger partial charge in [0.2, 0.25) is 10.0 Å². The number of nitrogens with two attached hydrogens (primary N) is 1. The van der Waals surface area contributed by atoms with Crippen LogP contribution in [0.15, 0.2) is 33.9 Å². The zero-order valence-electron chi connectivity index (χ0n) is 11.4. The van der Waals surface area contributed by atoms with E-state index in [1.165, 1.54) is 17.4 Å². The molecule has 6 nitrogen and oxygen atoms in total. The van der Waals surface area contributed by atoms with Crippen LogP contribution in [0.2, 0.25) is 0 Å². The number of halogens is 1. The second kappa shape index (κ2) is 8.61. The average molecular weight is 382 g/mol. The van der Waals surface area contributed by atoms with Gasteiger partial charge in [-0.3, -0.25) is 4.79 Å². The molecule has 0 spiro atoms. The van der Waals surface area contributed by atoms with E-state index < -0.39 is 15.9 Å². The average Bonchev–Trinajstić information content (AvgIpc) is 3.13. The number of carbonyl (C=O) groups is 1. The summed E-state index contributed by atoms with van der Waals surface area (Å²) in [6.07, 6.45) is 0. The summed E-state index contributed by atoms with van der Waals surface area (Å²) >= 11 is 2.55. The summed E-state index contributed by atoms with van der Waals surface area (Å²) in [6.45, 7) is 0.814. The van der Waals surface area contributed by atoms with Gasteiger partial charge in [-0.1, -0.05) is 6.07 Å². The van der Waals surface area contributed by atoms with Gasteiger partial charge in [-0.25, -0.2) is 13.1 Å². The number of thiophene rings is 2. The van der Waals surface area contributed by atoms with Crippen molar-refractivity contribution in [2.45, 2.75) is 11.4 Å². The monoisotopic (exact) mass is 381 g/mol. The van der Waals surface area contributed by atoms with Crippen molar-refractivity contribution in [2.75, 3.05) is 13.1 Å². The third-order valence-electron chi connectivity index (χ3n) is 2.57. The minimum Gasteiger partial charge on any atom is -0.350 e. The minimum absolute atomic E-state index is 0. The van der Waals surface area contributed by atoms with Crippen molar-refractivity contribution < 1.29 is 13.2 Å². The van der Waals surface area contributed by atoms with Crippen molar-refractivity contribution in [1.29, 1.82) is 0 Å². The molecule has 4 N–H and O–H groups in total. The lowest BCUT2D eigenvalue weighted by Crippen LogP contribution is -2.30. The second-order valence-electron chi connectivity index (χ2n) is 4.06. The maximum Gasteiger partial charge on any atom is 0.262 e. The Morgan fingerprint density at radius 1 is 1.23 bits per heavy atom. The SMILES string of the molecule is Cl.NCCNC(=O)c1sccc1S(=O)(=O)NCc1cccs1. The number of hydrogen-bond donors (Lipinski definition) is 3. The molecule has 2 rings (SSSR count). The Balaban J connectivity index is 0.00000242. The Bertz CT molecular complexity index is 698. The van der Waals surface area contributed by atoms with Crippen LogP contribution in [0, 0.1) is 0 Å². The quantitative estimate of drug-likeness (QED) is 0.674. The number of hydrogen-bond acceptors (Lipinski definition) is 6. The molecule has 0 fully saturated rings. The van der Waals surface area contributed by atoms with Gasteiger partial charge in [0.1, 0.15) is 9.77 Å². The number of amides is 1. The van der Waals surface area contributed by atoms with Crippen LogP contribution in [0.25, 0.3) is 0 Å². The fraction of sp³-hybridized carbons (Fsp3) is 0.250. The zero-order valence-corrected chi connectivity index (χ0v) is 14.7. The molecule has 0 atom stereocenters. The Morgan fingerprint density at radius 3 is 2.64 bits per heavy atom. The molecule has 1 amide bonds. The minimum atomic E-state index is -3.72. The molecule has 0 saturated heterocycles. The second-order valence-corrected chi connectivity index (χ2v) is 7.75. The van der Waals surface area contributed by atoms with Gasteiger partial charge in [-0.15, -0.1) is 35.1 Å². The van der Waals surface area contributed by atoms with Gasteiger partial charge < -0.3 is 11.1 Å². The summed E-state index contributed by atoms with van der Waals surface area (Å²) in [4.78, 5) is 13.0. The third-order valence-corrected chi connectivity index (χ3v) is 5.93. The Hall–Kier alpha value is -0.970.